The second kappa shape index (κ2) is 12.9. The van der Waals surface area contributed by atoms with Crippen molar-refractivity contribution in [2.75, 3.05) is 26.2 Å². The monoisotopic (exact) mass is 583 g/mol. The highest BCUT2D eigenvalue weighted by Gasteiger charge is 2.30. The molecule has 7 heteroatoms. The third-order valence-electron chi connectivity index (χ3n) is 8.99. The van der Waals surface area contributed by atoms with Crippen LogP contribution in [0.25, 0.3) is 11.4 Å². The molecule has 7 nitrogen and oxygen atoms in total. The van der Waals surface area contributed by atoms with Crippen molar-refractivity contribution in [3.8, 4) is 0 Å². The standard InChI is InChI=1S/C36H49N5O2/c1-25-13-14-30(23-26(25)2)34-12-10-8-9-11-32-24-33(38-41(32)34)27(3)37-31-17-15-29(16-18-31)28(4)39-19-21-40(22-20-39)35(42)43-36(5,6)7/h8,10,12-14,23-24,29,31,37H,3-4,9,11,15-22H2,1-2,5-7H3/b10-8-,34-12-. The number of carbonyl (C=O) groups is 1. The third-order valence-corrected chi connectivity index (χ3v) is 8.99. The summed E-state index contributed by atoms with van der Waals surface area (Å²) in [7, 11) is 0. The van der Waals surface area contributed by atoms with Crippen molar-refractivity contribution >= 4 is 17.5 Å². The number of aromatic nitrogens is 2. The van der Waals surface area contributed by atoms with Crippen LogP contribution in [0, 0.1) is 19.8 Å². The predicted octanol–water partition coefficient (Wildman–Crippen LogP) is 7.08. The number of benzene rings is 1. The maximum absolute atomic E-state index is 12.4. The topological polar surface area (TPSA) is 62.6 Å². The van der Waals surface area contributed by atoms with Crippen molar-refractivity contribution < 1.29 is 9.53 Å². The normalized spacial score (nSPS) is 22.9. The summed E-state index contributed by atoms with van der Waals surface area (Å²) in [6.07, 6.45) is 12.6. The smallest absolute Gasteiger partial charge is 0.410 e. The van der Waals surface area contributed by atoms with Gasteiger partial charge in [-0.1, -0.05) is 37.4 Å². The lowest BCUT2D eigenvalue weighted by atomic mass is 9.83. The van der Waals surface area contributed by atoms with E-state index in [1.54, 1.807) is 0 Å². The first-order valence-corrected chi connectivity index (χ1v) is 15.9. The molecule has 3 aliphatic rings. The number of fused-ring (bicyclic) bond motifs is 1. The van der Waals surface area contributed by atoms with Gasteiger partial charge in [0, 0.05) is 49.2 Å². The highest BCUT2D eigenvalue weighted by molar-refractivity contribution is 5.70. The van der Waals surface area contributed by atoms with E-state index in [2.05, 4.69) is 84.4 Å². The Morgan fingerprint density at radius 1 is 0.977 bits per heavy atom. The first-order valence-electron chi connectivity index (χ1n) is 15.9. The summed E-state index contributed by atoms with van der Waals surface area (Å²) in [5.74, 6) is 0.477. The number of hydrogen-bond acceptors (Lipinski definition) is 5. The van der Waals surface area contributed by atoms with Gasteiger partial charge in [0.15, 0.2) is 0 Å². The quantitative estimate of drug-likeness (QED) is 0.394. The largest absolute Gasteiger partial charge is 0.444 e. The van der Waals surface area contributed by atoms with Crippen LogP contribution in [0.3, 0.4) is 0 Å². The van der Waals surface area contributed by atoms with Crippen molar-refractivity contribution in [1.29, 1.82) is 0 Å². The number of ether oxygens (including phenoxy) is 1. The summed E-state index contributed by atoms with van der Waals surface area (Å²) in [4.78, 5) is 16.6. The van der Waals surface area contributed by atoms with Crippen LogP contribution in [0.4, 0.5) is 4.79 Å². The van der Waals surface area contributed by atoms with Gasteiger partial charge in [0.05, 0.1) is 11.4 Å². The van der Waals surface area contributed by atoms with Gasteiger partial charge in [-0.05, 0) is 108 Å². The first-order chi connectivity index (χ1) is 20.5. The van der Waals surface area contributed by atoms with E-state index in [4.69, 9.17) is 9.84 Å². The van der Waals surface area contributed by atoms with Crippen LogP contribution >= 0.6 is 0 Å². The number of hydrogen-bond donors (Lipinski definition) is 1. The molecule has 3 heterocycles. The van der Waals surface area contributed by atoms with Gasteiger partial charge < -0.3 is 19.9 Å². The fourth-order valence-electron chi connectivity index (χ4n) is 6.28. The lowest BCUT2D eigenvalue weighted by molar-refractivity contribution is 0.0160. The van der Waals surface area contributed by atoms with Gasteiger partial charge in [0.2, 0.25) is 0 Å². The number of allylic oxidation sites excluding steroid dienone is 4. The Morgan fingerprint density at radius 2 is 1.67 bits per heavy atom. The molecular weight excluding hydrogens is 534 g/mol. The lowest BCUT2D eigenvalue weighted by Crippen LogP contribution is -2.50. The summed E-state index contributed by atoms with van der Waals surface area (Å²) in [6.45, 7) is 21.9. The molecule has 5 rings (SSSR count). The van der Waals surface area contributed by atoms with E-state index < -0.39 is 5.60 Å². The van der Waals surface area contributed by atoms with Crippen LogP contribution in [0.5, 0.6) is 0 Å². The Kier molecular flexibility index (Phi) is 9.19. The van der Waals surface area contributed by atoms with Crippen molar-refractivity contribution in [2.24, 2.45) is 5.92 Å². The molecule has 2 aromatic rings. The van der Waals surface area contributed by atoms with Crippen LogP contribution in [0.1, 0.15) is 81.0 Å². The first kappa shape index (κ1) is 30.7. The molecule has 0 unspecified atom stereocenters. The molecule has 230 valence electrons. The molecule has 0 spiro atoms. The number of nitrogens with one attached hydrogen (secondary N) is 1. The molecule has 1 amide bonds. The van der Waals surface area contributed by atoms with Crippen molar-refractivity contribution in [2.45, 2.75) is 84.8 Å². The minimum Gasteiger partial charge on any atom is -0.444 e. The summed E-state index contributed by atoms with van der Waals surface area (Å²) >= 11 is 0. The molecule has 1 saturated carbocycles. The van der Waals surface area contributed by atoms with Gasteiger partial charge in [-0.2, -0.15) is 5.10 Å². The van der Waals surface area contributed by atoms with Gasteiger partial charge in [0.25, 0.3) is 0 Å². The van der Waals surface area contributed by atoms with Crippen LogP contribution < -0.4 is 5.32 Å². The average Bonchev–Trinajstić information content (AvgIpc) is 3.37. The molecule has 1 aliphatic carbocycles. The number of piperazine rings is 1. The lowest BCUT2D eigenvalue weighted by Gasteiger charge is -2.41. The molecule has 43 heavy (non-hydrogen) atoms. The van der Waals surface area contributed by atoms with E-state index in [1.807, 2.05) is 25.7 Å². The summed E-state index contributed by atoms with van der Waals surface area (Å²) in [5.41, 5.74) is 8.62. The molecule has 1 saturated heterocycles. The third kappa shape index (κ3) is 7.43. The molecule has 2 aliphatic heterocycles. The predicted molar refractivity (Wildman–Crippen MR) is 175 cm³/mol. The fourth-order valence-corrected chi connectivity index (χ4v) is 6.28. The van der Waals surface area contributed by atoms with E-state index in [0.29, 0.717) is 25.0 Å². The maximum Gasteiger partial charge on any atom is 0.410 e. The Bertz CT molecular complexity index is 1410. The number of nitrogens with zero attached hydrogens (tertiary/aromatic N) is 4. The van der Waals surface area contributed by atoms with E-state index >= 15 is 0 Å². The number of rotatable bonds is 6. The zero-order valence-corrected chi connectivity index (χ0v) is 26.8. The van der Waals surface area contributed by atoms with Gasteiger partial charge in [-0.15, -0.1) is 0 Å². The van der Waals surface area contributed by atoms with Crippen LogP contribution in [-0.2, 0) is 11.2 Å². The minimum absolute atomic E-state index is 0.219. The highest BCUT2D eigenvalue weighted by Crippen LogP contribution is 2.33. The zero-order chi connectivity index (χ0) is 30.7. The Morgan fingerprint density at radius 3 is 2.35 bits per heavy atom. The maximum atomic E-state index is 12.4. The van der Waals surface area contributed by atoms with Crippen LogP contribution in [-0.4, -0.2) is 63.5 Å². The molecule has 2 fully saturated rings. The molecule has 0 bridgehead atoms. The van der Waals surface area contributed by atoms with Crippen LogP contribution in [0.2, 0.25) is 0 Å². The van der Waals surface area contributed by atoms with Crippen molar-refractivity contribution in [1.82, 2.24) is 24.9 Å². The molecule has 1 aromatic heterocycles. The molecule has 0 radical (unpaired) electrons. The molecule has 0 atom stereocenters. The van der Waals surface area contributed by atoms with Crippen LogP contribution in [0.15, 0.2) is 61.3 Å². The van der Waals surface area contributed by atoms with Gasteiger partial charge in [-0.3, -0.25) is 0 Å². The second-order valence-electron chi connectivity index (χ2n) is 13.4. The summed E-state index contributed by atoms with van der Waals surface area (Å²) in [5, 5.41) is 8.78. The number of carbonyl (C=O) groups excluding carboxylic acids is 1. The SMILES string of the molecule is C=C(NC1CCC(C(=C)N2CCN(C(=O)OC(C)(C)C)CC2)CC1)c1cc2n(n1)/C(c1ccc(C)c(C)c1)=C\C=C/CC2. The van der Waals surface area contributed by atoms with E-state index in [1.165, 1.54) is 28.1 Å². The Hall–Kier alpha value is -3.74. The average molecular weight is 584 g/mol. The Labute approximate surface area is 258 Å². The Balaban J connectivity index is 1.15. The minimum atomic E-state index is -0.469. The van der Waals surface area contributed by atoms with Gasteiger partial charge >= 0.3 is 6.09 Å². The number of aryl methyl sites for hydroxylation is 3. The van der Waals surface area contributed by atoms with Crippen molar-refractivity contribution in [3.05, 3.63) is 89.4 Å². The summed E-state index contributed by atoms with van der Waals surface area (Å²) < 4.78 is 7.66. The summed E-state index contributed by atoms with van der Waals surface area (Å²) in [6, 6.07) is 9.21. The van der Waals surface area contributed by atoms with Gasteiger partial charge in [-0.25, -0.2) is 9.48 Å². The van der Waals surface area contributed by atoms with E-state index in [9.17, 15) is 4.79 Å². The molecule has 1 aromatic carbocycles. The number of amides is 1. The molecule has 1 N–H and O–H groups in total. The highest BCUT2D eigenvalue weighted by atomic mass is 16.6. The zero-order valence-electron chi connectivity index (χ0n) is 26.8. The van der Waals surface area contributed by atoms with E-state index in [0.717, 1.165) is 68.7 Å². The van der Waals surface area contributed by atoms with Gasteiger partial charge in [0.1, 0.15) is 11.3 Å². The fraction of sp³-hybridized carbons (Fsp3) is 0.500. The van der Waals surface area contributed by atoms with E-state index in [-0.39, 0.29) is 6.09 Å². The van der Waals surface area contributed by atoms with Crippen molar-refractivity contribution in [3.63, 3.8) is 0 Å². The molecular formula is C36H49N5O2. The second-order valence-corrected chi connectivity index (χ2v) is 13.4.